The van der Waals surface area contributed by atoms with Crippen LogP contribution in [0.25, 0.3) is 10.6 Å². The van der Waals surface area contributed by atoms with Crippen molar-refractivity contribution in [3.8, 4) is 10.6 Å². The number of hydrogen-bond donors (Lipinski definition) is 0. The minimum absolute atomic E-state index is 0.0545. The molecule has 20 heavy (non-hydrogen) atoms. The highest BCUT2D eigenvalue weighted by molar-refractivity contribution is 7.13. The van der Waals surface area contributed by atoms with Crippen LogP contribution >= 0.6 is 11.3 Å². The minimum atomic E-state index is -0.0980. The number of hydrogen-bond acceptors (Lipinski definition) is 5. The normalized spacial score (nSPS) is 23.0. The van der Waals surface area contributed by atoms with Gasteiger partial charge in [0.05, 0.1) is 23.6 Å². The van der Waals surface area contributed by atoms with Crippen LogP contribution in [0.15, 0.2) is 28.1 Å². The van der Waals surface area contributed by atoms with Crippen LogP contribution in [0.3, 0.4) is 0 Å². The first-order valence-electron chi connectivity index (χ1n) is 6.58. The summed E-state index contributed by atoms with van der Waals surface area (Å²) in [5, 5.41) is 5.87. The number of ether oxygens (including phenoxy) is 1. The summed E-state index contributed by atoms with van der Waals surface area (Å²) in [4.78, 5) is 15.3. The third kappa shape index (κ3) is 2.48. The lowest BCUT2D eigenvalue weighted by Crippen LogP contribution is -2.50. The quantitative estimate of drug-likeness (QED) is 0.854. The Kier molecular flexibility index (Phi) is 3.58. The average Bonchev–Trinajstić information content (AvgIpc) is 3.10. The largest absolute Gasteiger partial charge is 0.375 e. The molecule has 0 aliphatic carbocycles. The molecule has 2 unspecified atom stereocenters. The summed E-state index contributed by atoms with van der Waals surface area (Å²) in [6, 6.07) is 5.65. The molecule has 3 rings (SSSR count). The summed E-state index contributed by atoms with van der Waals surface area (Å²) in [5.74, 6) is 0.538. The van der Waals surface area contributed by atoms with Gasteiger partial charge in [0.2, 0.25) is 0 Å². The first-order chi connectivity index (χ1) is 9.65. The molecule has 2 aromatic rings. The van der Waals surface area contributed by atoms with E-state index in [9.17, 15) is 4.79 Å². The van der Waals surface area contributed by atoms with E-state index in [2.05, 4.69) is 5.16 Å². The average molecular weight is 292 g/mol. The van der Waals surface area contributed by atoms with E-state index in [4.69, 9.17) is 9.26 Å². The molecule has 0 aromatic carbocycles. The highest BCUT2D eigenvalue weighted by atomic mass is 32.1. The van der Waals surface area contributed by atoms with Gasteiger partial charge in [-0.25, -0.2) is 0 Å². The number of morpholine rings is 1. The summed E-state index contributed by atoms with van der Waals surface area (Å²) in [6.45, 7) is 5.08. The Morgan fingerprint density at radius 1 is 1.50 bits per heavy atom. The number of nitrogens with zero attached hydrogens (tertiary/aromatic N) is 2. The fourth-order valence-corrected chi connectivity index (χ4v) is 2.92. The van der Waals surface area contributed by atoms with E-state index < -0.39 is 0 Å². The van der Waals surface area contributed by atoms with Crippen LogP contribution in [0.4, 0.5) is 0 Å². The predicted octanol–water partition coefficient (Wildman–Crippen LogP) is 2.65. The Labute approximate surface area is 121 Å². The molecule has 0 saturated carbocycles. The van der Waals surface area contributed by atoms with E-state index >= 15 is 0 Å². The third-order valence-corrected chi connectivity index (χ3v) is 4.25. The van der Waals surface area contributed by atoms with Crippen LogP contribution in [0, 0.1) is 0 Å². The van der Waals surface area contributed by atoms with Gasteiger partial charge in [-0.15, -0.1) is 11.3 Å². The van der Waals surface area contributed by atoms with Gasteiger partial charge in [-0.3, -0.25) is 4.79 Å². The molecule has 0 radical (unpaired) electrons. The van der Waals surface area contributed by atoms with Gasteiger partial charge in [-0.2, -0.15) is 0 Å². The van der Waals surface area contributed by atoms with Gasteiger partial charge in [-0.1, -0.05) is 11.2 Å². The van der Waals surface area contributed by atoms with Crippen molar-refractivity contribution in [2.75, 3.05) is 13.2 Å². The van der Waals surface area contributed by atoms with Crippen molar-refractivity contribution in [2.24, 2.45) is 0 Å². The van der Waals surface area contributed by atoms with E-state index in [0.717, 1.165) is 4.88 Å². The van der Waals surface area contributed by atoms with E-state index in [1.165, 1.54) is 0 Å². The monoisotopic (exact) mass is 292 g/mol. The molecule has 1 saturated heterocycles. The third-order valence-electron chi connectivity index (χ3n) is 3.36. The van der Waals surface area contributed by atoms with Crippen molar-refractivity contribution in [2.45, 2.75) is 26.0 Å². The zero-order valence-corrected chi connectivity index (χ0v) is 12.2. The highest BCUT2D eigenvalue weighted by Gasteiger charge is 2.30. The molecule has 1 amide bonds. The Hall–Kier alpha value is -1.66. The smallest absolute Gasteiger partial charge is 0.276 e. The van der Waals surface area contributed by atoms with E-state index in [0.29, 0.717) is 24.6 Å². The number of thiophene rings is 1. The van der Waals surface area contributed by atoms with Crippen molar-refractivity contribution in [3.63, 3.8) is 0 Å². The second-order valence-electron chi connectivity index (χ2n) is 5.00. The second kappa shape index (κ2) is 5.38. The second-order valence-corrected chi connectivity index (χ2v) is 5.95. The maximum Gasteiger partial charge on any atom is 0.276 e. The Morgan fingerprint density at radius 2 is 2.35 bits per heavy atom. The molecule has 2 atom stereocenters. The minimum Gasteiger partial charge on any atom is -0.375 e. The molecule has 3 heterocycles. The topological polar surface area (TPSA) is 55.6 Å². The summed E-state index contributed by atoms with van der Waals surface area (Å²) in [7, 11) is 0. The first-order valence-corrected chi connectivity index (χ1v) is 7.46. The first kappa shape index (κ1) is 13.3. The van der Waals surface area contributed by atoms with Gasteiger partial charge in [0.15, 0.2) is 11.5 Å². The number of carbonyl (C=O) groups is 1. The molecule has 106 valence electrons. The van der Waals surface area contributed by atoms with Gasteiger partial charge in [0, 0.05) is 12.6 Å². The zero-order valence-electron chi connectivity index (χ0n) is 11.4. The fourth-order valence-electron chi connectivity index (χ4n) is 2.24. The molecule has 2 aromatic heterocycles. The van der Waals surface area contributed by atoms with Crippen molar-refractivity contribution >= 4 is 17.2 Å². The molecule has 1 aliphatic rings. The number of aromatic nitrogens is 1. The summed E-state index contributed by atoms with van der Waals surface area (Å²) in [6.07, 6.45) is 0.0545. The summed E-state index contributed by atoms with van der Waals surface area (Å²) < 4.78 is 10.8. The number of amides is 1. The van der Waals surface area contributed by atoms with Crippen molar-refractivity contribution < 1.29 is 14.1 Å². The van der Waals surface area contributed by atoms with Gasteiger partial charge in [0.25, 0.3) is 5.91 Å². The number of rotatable bonds is 2. The van der Waals surface area contributed by atoms with Gasteiger partial charge >= 0.3 is 0 Å². The van der Waals surface area contributed by atoms with E-state index in [-0.39, 0.29) is 18.1 Å². The molecule has 1 aliphatic heterocycles. The highest BCUT2D eigenvalue weighted by Crippen LogP contribution is 2.26. The van der Waals surface area contributed by atoms with Gasteiger partial charge in [-0.05, 0) is 25.3 Å². The Balaban J connectivity index is 1.80. The van der Waals surface area contributed by atoms with Crippen LogP contribution in [-0.4, -0.2) is 41.3 Å². The van der Waals surface area contributed by atoms with E-state index in [1.807, 2.05) is 31.4 Å². The van der Waals surface area contributed by atoms with Gasteiger partial charge in [0.1, 0.15) is 0 Å². The molecule has 1 fully saturated rings. The summed E-state index contributed by atoms with van der Waals surface area (Å²) in [5.41, 5.74) is 0.356. The van der Waals surface area contributed by atoms with Crippen LogP contribution in [0.1, 0.15) is 24.3 Å². The number of carbonyl (C=O) groups excluding carboxylic acids is 1. The molecule has 5 nitrogen and oxygen atoms in total. The molecule has 0 spiro atoms. The standard InChI is InChI=1S/C14H16N2O3S/c1-9-8-18-10(2)7-16(9)14(17)11-6-12(19-15-11)13-4-3-5-20-13/h3-6,9-10H,7-8H2,1-2H3. The Bertz CT molecular complexity index is 593. The van der Waals surface area contributed by atoms with E-state index in [1.54, 1.807) is 22.3 Å². The molecule has 6 heteroatoms. The predicted molar refractivity (Wildman–Crippen MR) is 75.7 cm³/mol. The molecular formula is C14H16N2O3S. The van der Waals surface area contributed by atoms with Crippen LogP contribution in [0.5, 0.6) is 0 Å². The maximum atomic E-state index is 12.5. The molecule has 0 bridgehead atoms. The zero-order chi connectivity index (χ0) is 14.1. The molecular weight excluding hydrogens is 276 g/mol. The van der Waals surface area contributed by atoms with Crippen molar-refractivity contribution in [1.82, 2.24) is 10.1 Å². The lowest BCUT2D eigenvalue weighted by Gasteiger charge is -2.36. The Morgan fingerprint density at radius 3 is 3.10 bits per heavy atom. The lowest BCUT2D eigenvalue weighted by molar-refractivity contribution is -0.0390. The van der Waals surface area contributed by atoms with Crippen LogP contribution < -0.4 is 0 Å². The van der Waals surface area contributed by atoms with Crippen LogP contribution in [-0.2, 0) is 4.74 Å². The fraction of sp³-hybridized carbons (Fsp3) is 0.429. The van der Waals surface area contributed by atoms with Crippen molar-refractivity contribution in [1.29, 1.82) is 0 Å². The van der Waals surface area contributed by atoms with Crippen LogP contribution in [0.2, 0.25) is 0 Å². The van der Waals surface area contributed by atoms with Crippen molar-refractivity contribution in [3.05, 3.63) is 29.3 Å². The summed E-state index contributed by atoms with van der Waals surface area (Å²) >= 11 is 1.56. The van der Waals surface area contributed by atoms with Gasteiger partial charge < -0.3 is 14.2 Å². The lowest BCUT2D eigenvalue weighted by atomic mass is 10.2. The SMILES string of the molecule is CC1CN(C(=O)c2cc(-c3cccs3)on2)C(C)CO1. The molecule has 0 N–H and O–H groups in total. The maximum absolute atomic E-state index is 12.5.